The second-order valence-electron chi connectivity index (χ2n) is 5.64. The first-order valence-electron chi connectivity index (χ1n) is 6.28. The first-order valence-corrected chi connectivity index (χ1v) is 6.28. The van der Waals surface area contributed by atoms with Crippen LogP contribution in [-0.2, 0) is 10.9 Å². The molecule has 112 valence electrons. The van der Waals surface area contributed by atoms with E-state index in [1.807, 2.05) is 13.8 Å². The average Bonchev–Trinajstić information content (AvgIpc) is 2.32. The van der Waals surface area contributed by atoms with Gasteiger partial charge in [0.05, 0.1) is 11.7 Å². The standard InChI is InChI=1S/C13H18F3N3O/c1-12(2)8(6-9(12)20-3)18-11-5-7(13(14,15)16)4-10(17)19-11/h4-5,8-9H,6H2,1-3H3,(H3,17,18,19). The zero-order chi connectivity index (χ0) is 15.1. The third kappa shape index (κ3) is 2.67. The van der Waals surface area contributed by atoms with Crippen LogP contribution in [0.4, 0.5) is 24.8 Å². The van der Waals surface area contributed by atoms with Crippen molar-refractivity contribution in [3.63, 3.8) is 0 Å². The molecule has 0 aromatic carbocycles. The molecule has 1 aromatic heterocycles. The van der Waals surface area contributed by atoms with Gasteiger partial charge in [0.2, 0.25) is 0 Å². The van der Waals surface area contributed by atoms with E-state index >= 15 is 0 Å². The number of nitrogens with two attached hydrogens (primary N) is 1. The van der Waals surface area contributed by atoms with Gasteiger partial charge in [-0.2, -0.15) is 13.2 Å². The van der Waals surface area contributed by atoms with Crippen molar-refractivity contribution in [3.05, 3.63) is 17.7 Å². The Labute approximate surface area is 115 Å². The number of nitrogens with zero attached hydrogens (tertiary/aromatic N) is 1. The number of methoxy groups -OCH3 is 1. The molecule has 2 rings (SSSR count). The summed E-state index contributed by atoms with van der Waals surface area (Å²) in [6, 6.07) is 1.81. The van der Waals surface area contributed by atoms with Gasteiger partial charge in [0, 0.05) is 18.6 Å². The van der Waals surface area contributed by atoms with E-state index in [2.05, 4.69) is 10.3 Å². The van der Waals surface area contributed by atoms with Crippen LogP contribution in [0.2, 0.25) is 0 Å². The molecule has 4 nitrogen and oxygen atoms in total. The largest absolute Gasteiger partial charge is 0.416 e. The maximum absolute atomic E-state index is 12.7. The fourth-order valence-electron chi connectivity index (χ4n) is 2.50. The third-order valence-corrected chi connectivity index (χ3v) is 3.96. The minimum absolute atomic E-state index is 0.00262. The van der Waals surface area contributed by atoms with Gasteiger partial charge in [0.1, 0.15) is 11.6 Å². The molecular formula is C13H18F3N3O. The van der Waals surface area contributed by atoms with Gasteiger partial charge in [0.15, 0.2) is 0 Å². The van der Waals surface area contributed by atoms with Gasteiger partial charge in [-0.15, -0.1) is 0 Å². The molecule has 20 heavy (non-hydrogen) atoms. The van der Waals surface area contributed by atoms with E-state index in [4.69, 9.17) is 10.5 Å². The van der Waals surface area contributed by atoms with Gasteiger partial charge in [-0.1, -0.05) is 13.8 Å². The van der Waals surface area contributed by atoms with Gasteiger partial charge in [-0.05, 0) is 18.6 Å². The third-order valence-electron chi connectivity index (χ3n) is 3.96. The van der Waals surface area contributed by atoms with Gasteiger partial charge < -0.3 is 15.8 Å². The van der Waals surface area contributed by atoms with Crippen LogP contribution in [0, 0.1) is 5.41 Å². The van der Waals surface area contributed by atoms with Gasteiger partial charge in [-0.25, -0.2) is 4.98 Å². The molecule has 0 spiro atoms. The maximum Gasteiger partial charge on any atom is 0.416 e. The van der Waals surface area contributed by atoms with E-state index < -0.39 is 11.7 Å². The zero-order valence-corrected chi connectivity index (χ0v) is 11.6. The highest BCUT2D eigenvalue weighted by atomic mass is 19.4. The number of alkyl halides is 3. The molecule has 2 unspecified atom stereocenters. The summed E-state index contributed by atoms with van der Waals surface area (Å²) in [5.41, 5.74) is 4.47. The van der Waals surface area contributed by atoms with Gasteiger partial charge in [-0.3, -0.25) is 0 Å². The Balaban J connectivity index is 2.17. The predicted octanol–water partition coefficient (Wildman–Crippen LogP) is 2.91. The highest BCUT2D eigenvalue weighted by Crippen LogP contribution is 2.44. The van der Waals surface area contributed by atoms with Crippen LogP contribution in [0.3, 0.4) is 0 Å². The van der Waals surface area contributed by atoms with Crippen LogP contribution < -0.4 is 11.1 Å². The van der Waals surface area contributed by atoms with Crippen LogP contribution in [-0.4, -0.2) is 24.2 Å². The summed E-state index contributed by atoms with van der Waals surface area (Å²) in [5.74, 6) is -0.00676. The van der Waals surface area contributed by atoms with E-state index in [0.717, 1.165) is 18.6 Å². The molecule has 0 bridgehead atoms. The van der Waals surface area contributed by atoms with Crippen molar-refractivity contribution in [2.45, 2.75) is 38.6 Å². The van der Waals surface area contributed by atoms with Crippen LogP contribution in [0.15, 0.2) is 12.1 Å². The Morgan fingerprint density at radius 1 is 1.40 bits per heavy atom. The number of nitrogens with one attached hydrogen (secondary N) is 1. The Kier molecular flexibility index (Phi) is 3.58. The lowest BCUT2D eigenvalue weighted by Crippen LogP contribution is -2.57. The molecule has 1 heterocycles. The Morgan fingerprint density at radius 3 is 2.55 bits per heavy atom. The summed E-state index contributed by atoms with van der Waals surface area (Å²) in [6.07, 6.45) is -3.62. The van der Waals surface area contributed by atoms with Crippen molar-refractivity contribution in [2.75, 3.05) is 18.2 Å². The minimum atomic E-state index is -4.43. The van der Waals surface area contributed by atoms with Crippen LogP contribution in [0.25, 0.3) is 0 Å². The van der Waals surface area contributed by atoms with E-state index in [1.165, 1.54) is 0 Å². The number of hydrogen-bond acceptors (Lipinski definition) is 4. The van der Waals surface area contributed by atoms with Gasteiger partial charge in [0.25, 0.3) is 0 Å². The second kappa shape index (κ2) is 4.80. The average molecular weight is 289 g/mol. The lowest BCUT2D eigenvalue weighted by molar-refractivity contribution is -0.137. The number of nitrogen functional groups attached to an aromatic ring is 1. The first kappa shape index (κ1) is 14.9. The topological polar surface area (TPSA) is 60.2 Å². The van der Waals surface area contributed by atoms with E-state index in [9.17, 15) is 13.2 Å². The van der Waals surface area contributed by atoms with Crippen molar-refractivity contribution < 1.29 is 17.9 Å². The van der Waals surface area contributed by atoms with Crippen molar-refractivity contribution in [1.82, 2.24) is 4.98 Å². The summed E-state index contributed by atoms with van der Waals surface area (Å²) in [4.78, 5) is 3.91. The fourth-order valence-corrected chi connectivity index (χ4v) is 2.50. The summed E-state index contributed by atoms with van der Waals surface area (Å²) in [6.45, 7) is 4.00. The normalized spacial score (nSPS) is 25.1. The molecule has 7 heteroatoms. The molecule has 1 saturated carbocycles. The number of rotatable bonds is 3. The van der Waals surface area contributed by atoms with Crippen LogP contribution >= 0.6 is 0 Å². The molecule has 1 aliphatic rings. The van der Waals surface area contributed by atoms with Crippen LogP contribution in [0.5, 0.6) is 0 Å². The molecule has 1 aromatic rings. The van der Waals surface area contributed by atoms with E-state index in [1.54, 1.807) is 7.11 Å². The Hall–Kier alpha value is -1.50. The lowest BCUT2D eigenvalue weighted by Gasteiger charge is -2.51. The highest BCUT2D eigenvalue weighted by molar-refractivity contribution is 5.48. The molecule has 0 radical (unpaired) electrons. The lowest BCUT2D eigenvalue weighted by atomic mass is 9.64. The molecule has 3 N–H and O–H groups in total. The Bertz CT molecular complexity index is 502. The number of aromatic nitrogens is 1. The van der Waals surface area contributed by atoms with E-state index in [0.29, 0.717) is 0 Å². The summed E-state index contributed by atoms with van der Waals surface area (Å²) in [7, 11) is 1.63. The highest BCUT2D eigenvalue weighted by Gasteiger charge is 2.48. The molecule has 0 saturated heterocycles. The molecule has 0 aliphatic heterocycles. The second-order valence-corrected chi connectivity index (χ2v) is 5.64. The maximum atomic E-state index is 12.7. The van der Waals surface area contributed by atoms with Gasteiger partial charge >= 0.3 is 6.18 Å². The van der Waals surface area contributed by atoms with Crippen molar-refractivity contribution in [1.29, 1.82) is 0 Å². The van der Waals surface area contributed by atoms with Crippen LogP contribution in [0.1, 0.15) is 25.8 Å². The molecule has 1 aliphatic carbocycles. The first-order chi connectivity index (χ1) is 9.14. The number of pyridine rings is 1. The quantitative estimate of drug-likeness (QED) is 0.898. The minimum Gasteiger partial charge on any atom is -0.384 e. The number of anilines is 2. The zero-order valence-electron chi connectivity index (χ0n) is 11.6. The monoisotopic (exact) mass is 289 g/mol. The van der Waals surface area contributed by atoms with Crippen molar-refractivity contribution in [3.8, 4) is 0 Å². The summed E-state index contributed by atoms with van der Waals surface area (Å²) >= 11 is 0. The number of ether oxygens (including phenoxy) is 1. The number of hydrogen-bond donors (Lipinski definition) is 2. The van der Waals surface area contributed by atoms with Crippen molar-refractivity contribution in [2.24, 2.45) is 5.41 Å². The fraction of sp³-hybridized carbons (Fsp3) is 0.615. The molecule has 1 fully saturated rings. The summed E-state index contributed by atoms with van der Waals surface area (Å²) in [5, 5.41) is 3.02. The van der Waals surface area contributed by atoms with Crippen molar-refractivity contribution >= 4 is 11.6 Å². The molecule has 2 atom stereocenters. The summed E-state index contributed by atoms with van der Waals surface area (Å²) < 4.78 is 43.5. The number of halogens is 3. The smallest absolute Gasteiger partial charge is 0.384 e. The van der Waals surface area contributed by atoms with E-state index in [-0.39, 0.29) is 29.2 Å². The Morgan fingerprint density at radius 2 is 2.05 bits per heavy atom. The SMILES string of the molecule is COC1CC(Nc2cc(C(F)(F)F)cc(N)n2)C1(C)C. The molecular weight excluding hydrogens is 271 g/mol. The molecule has 0 amide bonds. The predicted molar refractivity (Wildman–Crippen MR) is 70.3 cm³/mol.